The van der Waals surface area contributed by atoms with Crippen LogP contribution >= 0.6 is 0 Å². The van der Waals surface area contributed by atoms with Gasteiger partial charge in [0.05, 0.1) is 6.54 Å². The van der Waals surface area contributed by atoms with Crippen molar-refractivity contribution in [1.82, 2.24) is 10.1 Å². The SMILES string of the molecule is Fc1ccc([C@H]2CCCN2Cc2cc(-c3ccccc3)no2)cc1. The maximum Gasteiger partial charge on any atom is 0.151 e. The Morgan fingerprint density at radius 3 is 2.67 bits per heavy atom. The highest BCUT2D eigenvalue weighted by Gasteiger charge is 2.27. The van der Waals surface area contributed by atoms with Crippen molar-refractivity contribution in [3.05, 3.63) is 77.8 Å². The van der Waals surface area contributed by atoms with E-state index in [2.05, 4.69) is 10.1 Å². The summed E-state index contributed by atoms with van der Waals surface area (Å²) in [5.74, 6) is 0.675. The molecule has 0 aliphatic carbocycles. The Balaban J connectivity index is 1.50. The molecule has 0 spiro atoms. The van der Waals surface area contributed by atoms with Crippen LogP contribution in [0.5, 0.6) is 0 Å². The Morgan fingerprint density at radius 1 is 1.08 bits per heavy atom. The van der Waals surface area contributed by atoms with E-state index in [0.717, 1.165) is 48.5 Å². The van der Waals surface area contributed by atoms with Gasteiger partial charge in [0.25, 0.3) is 0 Å². The number of likely N-dealkylation sites (tertiary alicyclic amines) is 1. The standard InChI is InChI=1S/C20H19FN2O/c21-17-10-8-16(9-11-17)20-7-4-12-23(20)14-18-13-19(22-24-18)15-5-2-1-3-6-15/h1-3,5-6,8-11,13,20H,4,7,12,14H2/t20-/m1/s1. The lowest BCUT2D eigenvalue weighted by Crippen LogP contribution is -2.22. The average molecular weight is 322 g/mol. The summed E-state index contributed by atoms with van der Waals surface area (Å²) in [7, 11) is 0. The first-order chi connectivity index (χ1) is 11.8. The molecule has 1 aliphatic rings. The lowest BCUT2D eigenvalue weighted by Gasteiger charge is -2.23. The van der Waals surface area contributed by atoms with E-state index in [9.17, 15) is 4.39 Å². The summed E-state index contributed by atoms with van der Waals surface area (Å²) in [5.41, 5.74) is 3.09. The molecule has 4 heteroatoms. The van der Waals surface area contributed by atoms with Crippen LogP contribution in [0.2, 0.25) is 0 Å². The van der Waals surface area contributed by atoms with Crippen molar-refractivity contribution >= 4 is 0 Å². The van der Waals surface area contributed by atoms with Crippen LogP contribution in [-0.2, 0) is 6.54 Å². The van der Waals surface area contributed by atoms with Gasteiger partial charge in [-0.15, -0.1) is 0 Å². The van der Waals surface area contributed by atoms with Crippen molar-refractivity contribution in [3.63, 3.8) is 0 Å². The fraction of sp³-hybridized carbons (Fsp3) is 0.250. The lowest BCUT2D eigenvalue weighted by atomic mass is 10.0. The van der Waals surface area contributed by atoms with Crippen LogP contribution in [0.25, 0.3) is 11.3 Å². The van der Waals surface area contributed by atoms with E-state index in [4.69, 9.17) is 4.52 Å². The maximum atomic E-state index is 13.1. The van der Waals surface area contributed by atoms with Gasteiger partial charge in [0, 0.05) is 17.7 Å². The van der Waals surface area contributed by atoms with Crippen LogP contribution in [0.1, 0.15) is 30.2 Å². The molecule has 2 aromatic carbocycles. The largest absolute Gasteiger partial charge is 0.359 e. The smallest absolute Gasteiger partial charge is 0.151 e. The normalized spacial score (nSPS) is 18.1. The number of nitrogens with zero attached hydrogens (tertiary/aromatic N) is 2. The molecule has 4 rings (SSSR count). The van der Waals surface area contributed by atoms with E-state index in [1.165, 1.54) is 12.1 Å². The molecule has 1 aliphatic heterocycles. The summed E-state index contributed by atoms with van der Waals surface area (Å²) in [4.78, 5) is 2.38. The van der Waals surface area contributed by atoms with Gasteiger partial charge >= 0.3 is 0 Å². The molecule has 0 unspecified atom stereocenters. The first-order valence-electron chi connectivity index (χ1n) is 8.30. The number of rotatable bonds is 4. The van der Waals surface area contributed by atoms with Crippen molar-refractivity contribution in [2.45, 2.75) is 25.4 Å². The molecule has 24 heavy (non-hydrogen) atoms. The van der Waals surface area contributed by atoms with Gasteiger partial charge in [0.2, 0.25) is 0 Å². The molecule has 0 N–H and O–H groups in total. The van der Waals surface area contributed by atoms with E-state index in [-0.39, 0.29) is 5.82 Å². The first-order valence-corrected chi connectivity index (χ1v) is 8.30. The van der Waals surface area contributed by atoms with E-state index >= 15 is 0 Å². The molecule has 1 aromatic heterocycles. The van der Waals surface area contributed by atoms with E-state index in [0.29, 0.717) is 6.04 Å². The molecular weight excluding hydrogens is 303 g/mol. The topological polar surface area (TPSA) is 29.3 Å². The molecule has 2 heterocycles. The molecule has 0 bridgehead atoms. The highest BCUT2D eigenvalue weighted by atomic mass is 19.1. The third-order valence-corrected chi connectivity index (χ3v) is 4.61. The first kappa shape index (κ1) is 15.1. The zero-order chi connectivity index (χ0) is 16.4. The molecule has 3 nitrogen and oxygen atoms in total. The summed E-state index contributed by atoms with van der Waals surface area (Å²) in [6, 6.07) is 19.2. The van der Waals surface area contributed by atoms with Crippen molar-refractivity contribution < 1.29 is 8.91 Å². The molecule has 1 fully saturated rings. The van der Waals surface area contributed by atoms with Gasteiger partial charge in [-0.05, 0) is 37.1 Å². The third kappa shape index (κ3) is 3.10. The summed E-state index contributed by atoms with van der Waals surface area (Å²) in [6.45, 7) is 1.74. The lowest BCUT2D eigenvalue weighted by molar-refractivity contribution is 0.217. The molecule has 122 valence electrons. The second-order valence-electron chi connectivity index (χ2n) is 6.22. The van der Waals surface area contributed by atoms with Crippen LogP contribution in [0.3, 0.4) is 0 Å². The average Bonchev–Trinajstić information content (AvgIpc) is 3.27. The second kappa shape index (κ2) is 6.57. The van der Waals surface area contributed by atoms with Crippen molar-refractivity contribution in [3.8, 4) is 11.3 Å². The summed E-state index contributed by atoms with van der Waals surface area (Å²) in [5, 5.41) is 4.19. The molecule has 0 radical (unpaired) electrons. The fourth-order valence-electron chi connectivity index (χ4n) is 3.41. The summed E-state index contributed by atoms with van der Waals surface area (Å²) in [6.07, 6.45) is 2.23. The number of aromatic nitrogens is 1. The van der Waals surface area contributed by atoms with Crippen molar-refractivity contribution in [2.24, 2.45) is 0 Å². The molecule has 0 saturated carbocycles. The van der Waals surface area contributed by atoms with Crippen LogP contribution < -0.4 is 0 Å². The predicted octanol–water partition coefficient (Wildman–Crippen LogP) is 4.82. The van der Waals surface area contributed by atoms with Gasteiger partial charge < -0.3 is 4.52 Å². The Bertz CT molecular complexity index is 798. The maximum absolute atomic E-state index is 13.1. The van der Waals surface area contributed by atoms with Crippen molar-refractivity contribution in [1.29, 1.82) is 0 Å². The van der Waals surface area contributed by atoms with Gasteiger partial charge in [0.1, 0.15) is 11.5 Å². The van der Waals surface area contributed by atoms with Crippen LogP contribution in [-0.4, -0.2) is 16.6 Å². The van der Waals surface area contributed by atoms with E-state index in [1.54, 1.807) is 0 Å². The molecule has 3 aromatic rings. The fourth-order valence-corrected chi connectivity index (χ4v) is 3.41. The summed E-state index contributed by atoms with van der Waals surface area (Å²) < 4.78 is 18.7. The molecule has 1 saturated heterocycles. The van der Waals surface area contributed by atoms with Gasteiger partial charge in [-0.2, -0.15) is 0 Å². The van der Waals surface area contributed by atoms with E-state index < -0.39 is 0 Å². The monoisotopic (exact) mass is 322 g/mol. The van der Waals surface area contributed by atoms with Crippen LogP contribution in [0.4, 0.5) is 4.39 Å². The molecule has 1 atom stereocenters. The minimum Gasteiger partial charge on any atom is -0.359 e. The van der Waals surface area contributed by atoms with Crippen LogP contribution in [0, 0.1) is 5.82 Å². The van der Waals surface area contributed by atoms with Gasteiger partial charge in [-0.3, -0.25) is 4.90 Å². The number of hydrogen-bond acceptors (Lipinski definition) is 3. The number of hydrogen-bond donors (Lipinski definition) is 0. The highest BCUT2D eigenvalue weighted by Crippen LogP contribution is 2.33. The van der Waals surface area contributed by atoms with Gasteiger partial charge in [-0.25, -0.2) is 4.39 Å². The number of benzene rings is 2. The molecular formula is C20H19FN2O. The van der Waals surface area contributed by atoms with Crippen LogP contribution in [0.15, 0.2) is 65.2 Å². The third-order valence-electron chi connectivity index (χ3n) is 4.61. The second-order valence-corrected chi connectivity index (χ2v) is 6.22. The minimum atomic E-state index is -0.189. The Kier molecular flexibility index (Phi) is 4.13. The Labute approximate surface area is 140 Å². The zero-order valence-corrected chi connectivity index (χ0v) is 13.4. The number of halogens is 1. The van der Waals surface area contributed by atoms with Gasteiger partial charge in [0.15, 0.2) is 5.76 Å². The molecule has 0 amide bonds. The highest BCUT2D eigenvalue weighted by molar-refractivity contribution is 5.58. The summed E-state index contributed by atoms with van der Waals surface area (Å²) >= 11 is 0. The Hall–Kier alpha value is -2.46. The minimum absolute atomic E-state index is 0.189. The quantitative estimate of drug-likeness (QED) is 0.690. The van der Waals surface area contributed by atoms with Gasteiger partial charge in [-0.1, -0.05) is 47.6 Å². The predicted molar refractivity (Wildman–Crippen MR) is 90.7 cm³/mol. The zero-order valence-electron chi connectivity index (χ0n) is 13.4. The van der Waals surface area contributed by atoms with E-state index in [1.807, 2.05) is 48.5 Å². The van der Waals surface area contributed by atoms with Crippen molar-refractivity contribution in [2.75, 3.05) is 6.54 Å². The Morgan fingerprint density at radius 2 is 1.88 bits per heavy atom.